The van der Waals surface area contributed by atoms with Crippen molar-refractivity contribution in [3.63, 3.8) is 0 Å². The molecule has 0 radical (unpaired) electrons. The second-order valence-corrected chi connectivity index (χ2v) is 4.60. The Labute approximate surface area is 112 Å². The predicted octanol–water partition coefficient (Wildman–Crippen LogP) is 1.66. The first-order chi connectivity index (χ1) is 9.21. The van der Waals surface area contributed by atoms with Gasteiger partial charge in [-0.2, -0.15) is 5.10 Å². The number of hydrogen-bond donors (Lipinski definition) is 2. The van der Waals surface area contributed by atoms with Crippen LogP contribution in [0.2, 0.25) is 0 Å². The summed E-state index contributed by atoms with van der Waals surface area (Å²) in [4.78, 5) is 0. The van der Waals surface area contributed by atoms with Crippen molar-refractivity contribution in [3.05, 3.63) is 53.6 Å². The molecule has 1 atom stereocenters. The molecule has 2 rings (SSSR count). The molecular weight excluding hydrogens is 243 g/mol. The molecule has 0 aliphatic carbocycles. The van der Waals surface area contributed by atoms with Gasteiger partial charge in [0.2, 0.25) is 0 Å². The highest BCUT2D eigenvalue weighted by Crippen LogP contribution is 2.09. The molecule has 5 heteroatoms. The van der Waals surface area contributed by atoms with Crippen LogP contribution in [0.3, 0.4) is 0 Å². The maximum absolute atomic E-state index is 12.8. The summed E-state index contributed by atoms with van der Waals surface area (Å²) in [5, 5.41) is 4.24. The molecule has 1 aromatic carbocycles. The Kier molecular flexibility index (Phi) is 4.65. The van der Waals surface area contributed by atoms with E-state index < -0.39 is 0 Å². The molecule has 0 saturated heterocycles. The highest BCUT2D eigenvalue weighted by atomic mass is 19.1. The number of nitrogens with two attached hydrogens (primary N) is 1. The van der Waals surface area contributed by atoms with Gasteiger partial charge in [0.1, 0.15) is 5.82 Å². The minimum absolute atomic E-state index is 0.111. The molecule has 0 aliphatic heterocycles. The standard InChI is InChI=1S/C14H19FN4/c1-2-19-10-12(9-17-19)8-14(18-16)7-11-3-5-13(15)6-4-11/h3-6,9-10,14,18H,2,7-8,16H2,1H3. The molecule has 3 N–H and O–H groups in total. The van der Waals surface area contributed by atoms with Gasteiger partial charge in [0.25, 0.3) is 0 Å². The maximum atomic E-state index is 12.8. The van der Waals surface area contributed by atoms with Crippen molar-refractivity contribution >= 4 is 0 Å². The monoisotopic (exact) mass is 262 g/mol. The number of rotatable bonds is 6. The van der Waals surface area contributed by atoms with E-state index in [-0.39, 0.29) is 11.9 Å². The number of aryl methyl sites for hydroxylation is 1. The lowest BCUT2D eigenvalue weighted by Gasteiger charge is -2.14. The van der Waals surface area contributed by atoms with Gasteiger partial charge in [-0.25, -0.2) is 4.39 Å². The van der Waals surface area contributed by atoms with Crippen LogP contribution in [0.1, 0.15) is 18.1 Å². The van der Waals surface area contributed by atoms with Gasteiger partial charge < -0.3 is 0 Å². The quantitative estimate of drug-likeness (QED) is 0.615. The number of nitrogens with one attached hydrogen (secondary N) is 1. The average molecular weight is 262 g/mol. The van der Waals surface area contributed by atoms with Crippen molar-refractivity contribution in [1.29, 1.82) is 0 Å². The molecule has 19 heavy (non-hydrogen) atoms. The summed E-state index contributed by atoms with van der Waals surface area (Å²) in [6, 6.07) is 6.63. The topological polar surface area (TPSA) is 55.9 Å². The van der Waals surface area contributed by atoms with Crippen molar-refractivity contribution in [1.82, 2.24) is 15.2 Å². The molecule has 0 saturated carbocycles. The van der Waals surface area contributed by atoms with Crippen LogP contribution in [0.4, 0.5) is 4.39 Å². The Balaban J connectivity index is 1.98. The van der Waals surface area contributed by atoms with Gasteiger partial charge >= 0.3 is 0 Å². The van der Waals surface area contributed by atoms with Crippen molar-refractivity contribution < 1.29 is 4.39 Å². The summed E-state index contributed by atoms with van der Waals surface area (Å²) < 4.78 is 14.7. The van der Waals surface area contributed by atoms with Crippen LogP contribution >= 0.6 is 0 Å². The fourth-order valence-electron chi connectivity index (χ4n) is 2.06. The van der Waals surface area contributed by atoms with Crippen LogP contribution in [0.5, 0.6) is 0 Å². The molecule has 0 aliphatic rings. The molecule has 102 valence electrons. The second-order valence-electron chi connectivity index (χ2n) is 4.60. The van der Waals surface area contributed by atoms with E-state index >= 15 is 0 Å². The average Bonchev–Trinajstić information content (AvgIpc) is 2.88. The minimum atomic E-state index is -0.217. The summed E-state index contributed by atoms with van der Waals surface area (Å²) in [5.74, 6) is 5.37. The third-order valence-electron chi connectivity index (χ3n) is 3.12. The van der Waals surface area contributed by atoms with Gasteiger partial charge in [-0.05, 0) is 43.0 Å². The van der Waals surface area contributed by atoms with Gasteiger partial charge in [0, 0.05) is 18.8 Å². The Morgan fingerprint density at radius 1 is 1.26 bits per heavy atom. The SMILES string of the molecule is CCn1cc(CC(Cc2ccc(F)cc2)NN)cn1. The van der Waals surface area contributed by atoms with Crippen molar-refractivity contribution in [2.24, 2.45) is 5.84 Å². The summed E-state index contributed by atoms with van der Waals surface area (Å²) in [7, 11) is 0. The fraction of sp³-hybridized carbons (Fsp3) is 0.357. The zero-order valence-corrected chi connectivity index (χ0v) is 11.0. The Morgan fingerprint density at radius 2 is 1.95 bits per heavy atom. The first-order valence-corrected chi connectivity index (χ1v) is 6.43. The van der Waals surface area contributed by atoms with E-state index in [4.69, 9.17) is 5.84 Å². The second kappa shape index (κ2) is 6.45. The third-order valence-corrected chi connectivity index (χ3v) is 3.12. The van der Waals surface area contributed by atoms with Crippen LogP contribution in [-0.4, -0.2) is 15.8 Å². The molecule has 1 aromatic heterocycles. The predicted molar refractivity (Wildman–Crippen MR) is 72.8 cm³/mol. The smallest absolute Gasteiger partial charge is 0.123 e. The minimum Gasteiger partial charge on any atom is -0.273 e. The Bertz CT molecular complexity index is 506. The van der Waals surface area contributed by atoms with Gasteiger partial charge in [-0.1, -0.05) is 12.1 Å². The van der Waals surface area contributed by atoms with Gasteiger partial charge in [0.15, 0.2) is 0 Å². The molecule has 1 unspecified atom stereocenters. The highest BCUT2D eigenvalue weighted by Gasteiger charge is 2.10. The lowest BCUT2D eigenvalue weighted by atomic mass is 10.0. The third kappa shape index (κ3) is 3.87. The summed E-state index contributed by atoms with van der Waals surface area (Å²) in [6.07, 6.45) is 5.44. The van der Waals surface area contributed by atoms with E-state index in [9.17, 15) is 4.39 Å². The largest absolute Gasteiger partial charge is 0.273 e. The number of halogens is 1. The van der Waals surface area contributed by atoms with Crippen LogP contribution in [0.15, 0.2) is 36.7 Å². The van der Waals surface area contributed by atoms with E-state index in [1.54, 1.807) is 12.1 Å². The first-order valence-electron chi connectivity index (χ1n) is 6.43. The molecule has 4 nitrogen and oxygen atoms in total. The van der Waals surface area contributed by atoms with E-state index in [0.717, 1.165) is 30.5 Å². The lowest BCUT2D eigenvalue weighted by molar-refractivity contribution is 0.521. The number of aromatic nitrogens is 2. The van der Waals surface area contributed by atoms with Gasteiger partial charge in [-0.15, -0.1) is 0 Å². The van der Waals surface area contributed by atoms with Crippen LogP contribution in [0, 0.1) is 5.82 Å². The zero-order chi connectivity index (χ0) is 13.7. The van der Waals surface area contributed by atoms with E-state index in [1.165, 1.54) is 12.1 Å². The van der Waals surface area contributed by atoms with E-state index in [0.29, 0.717) is 0 Å². The number of hydrogen-bond acceptors (Lipinski definition) is 3. The van der Waals surface area contributed by atoms with Crippen molar-refractivity contribution in [2.45, 2.75) is 32.4 Å². The van der Waals surface area contributed by atoms with Crippen molar-refractivity contribution in [3.8, 4) is 0 Å². The molecular formula is C14H19FN4. The van der Waals surface area contributed by atoms with Crippen LogP contribution in [0.25, 0.3) is 0 Å². The van der Waals surface area contributed by atoms with Crippen LogP contribution in [-0.2, 0) is 19.4 Å². The zero-order valence-electron chi connectivity index (χ0n) is 11.0. The number of hydrazine groups is 1. The first kappa shape index (κ1) is 13.7. The maximum Gasteiger partial charge on any atom is 0.123 e. The lowest BCUT2D eigenvalue weighted by Crippen LogP contribution is -2.38. The molecule has 1 heterocycles. The Morgan fingerprint density at radius 3 is 2.53 bits per heavy atom. The summed E-state index contributed by atoms with van der Waals surface area (Å²) in [5.41, 5.74) is 5.02. The molecule has 0 amide bonds. The van der Waals surface area contributed by atoms with E-state index in [1.807, 2.05) is 24.0 Å². The normalized spacial score (nSPS) is 12.6. The number of nitrogens with zero attached hydrogens (tertiary/aromatic N) is 2. The Hall–Kier alpha value is -1.72. The summed E-state index contributed by atoms with van der Waals surface area (Å²) in [6.45, 7) is 2.91. The van der Waals surface area contributed by atoms with Gasteiger partial charge in [0.05, 0.1) is 6.20 Å². The number of benzene rings is 1. The van der Waals surface area contributed by atoms with E-state index in [2.05, 4.69) is 10.5 Å². The van der Waals surface area contributed by atoms with Crippen LogP contribution < -0.4 is 11.3 Å². The molecule has 0 fully saturated rings. The molecule has 0 spiro atoms. The fourth-order valence-corrected chi connectivity index (χ4v) is 2.06. The van der Waals surface area contributed by atoms with Crippen molar-refractivity contribution in [2.75, 3.05) is 0 Å². The highest BCUT2D eigenvalue weighted by molar-refractivity contribution is 5.18. The molecule has 0 bridgehead atoms. The summed E-state index contributed by atoms with van der Waals surface area (Å²) >= 11 is 0. The molecule has 2 aromatic rings. The van der Waals surface area contributed by atoms with Gasteiger partial charge in [-0.3, -0.25) is 16.0 Å².